The molecular weight excluding hydrogens is 220 g/mol. The molecule has 0 radical (unpaired) electrons. The molecule has 0 spiro atoms. The first-order chi connectivity index (χ1) is 8.58. The van der Waals surface area contributed by atoms with Gasteiger partial charge >= 0.3 is 0 Å². The molecule has 0 aliphatic carbocycles. The van der Waals surface area contributed by atoms with Gasteiger partial charge in [0.05, 0.1) is 0 Å². The number of benzene rings is 1. The molecule has 1 aromatic carbocycles. The molecule has 0 saturated carbocycles. The van der Waals surface area contributed by atoms with Crippen LogP contribution in [0.5, 0.6) is 0 Å². The summed E-state index contributed by atoms with van der Waals surface area (Å²) in [5.41, 5.74) is 8.48. The molecule has 0 amide bonds. The van der Waals surface area contributed by atoms with Crippen LogP contribution in [0.3, 0.4) is 0 Å². The summed E-state index contributed by atoms with van der Waals surface area (Å²) in [6.45, 7) is 11.7. The fourth-order valence-corrected chi connectivity index (χ4v) is 2.41. The molecule has 0 fully saturated rings. The summed E-state index contributed by atoms with van der Waals surface area (Å²) < 4.78 is 0. The molecule has 0 saturated heterocycles. The zero-order valence-electron chi connectivity index (χ0n) is 12.3. The minimum absolute atomic E-state index is 0.451. The van der Waals surface area contributed by atoms with Gasteiger partial charge in [-0.05, 0) is 36.9 Å². The lowest BCUT2D eigenvalue weighted by Crippen LogP contribution is -2.31. The van der Waals surface area contributed by atoms with Crippen LogP contribution in [0.4, 0.5) is 0 Å². The first-order valence-electron chi connectivity index (χ1n) is 7.11. The van der Waals surface area contributed by atoms with Crippen molar-refractivity contribution >= 4 is 0 Å². The summed E-state index contributed by atoms with van der Waals surface area (Å²) in [5, 5.41) is 0. The molecule has 1 unspecified atom stereocenters. The summed E-state index contributed by atoms with van der Waals surface area (Å²) in [5.74, 6) is 0.720. The third kappa shape index (κ3) is 4.43. The van der Waals surface area contributed by atoms with Crippen molar-refractivity contribution < 1.29 is 0 Å². The summed E-state index contributed by atoms with van der Waals surface area (Å²) in [7, 11) is 0. The predicted molar refractivity (Wildman–Crippen MR) is 79.7 cm³/mol. The van der Waals surface area contributed by atoms with Gasteiger partial charge in [0.2, 0.25) is 0 Å². The minimum Gasteiger partial charge on any atom is -0.329 e. The average Bonchev–Trinajstić information content (AvgIpc) is 2.35. The number of hydrogen-bond acceptors (Lipinski definition) is 2. The lowest BCUT2D eigenvalue weighted by molar-refractivity contribution is 0.228. The molecule has 0 aliphatic heterocycles. The van der Waals surface area contributed by atoms with Crippen LogP contribution in [0, 0.1) is 5.92 Å². The molecule has 1 atom stereocenters. The van der Waals surface area contributed by atoms with E-state index in [1.54, 1.807) is 0 Å². The van der Waals surface area contributed by atoms with E-state index in [1.807, 2.05) is 0 Å². The average molecular weight is 248 g/mol. The second-order valence-electron chi connectivity index (χ2n) is 5.43. The van der Waals surface area contributed by atoms with Crippen LogP contribution in [0.1, 0.15) is 44.9 Å². The molecule has 18 heavy (non-hydrogen) atoms. The molecule has 2 nitrogen and oxygen atoms in total. The van der Waals surface area contributed by atoms with Crippen LogP contribution in [-0.4, -0.2) is 24.5 Å². The van der Waals surface area contributed by atoms with E-state index >= 15 is 0 Å². The Labute approximate surface area is 112 Å². The fourth-order valence-electron chi connectivity index (χ4n) is 2.41. The zero-order valence-corrected chi connectivity index (χ0v) is 12.3. The molecule has 0 aliphatic rings. The topological polar surface area (TPSA) is 29.3 Å². The van der Waals surface area contributed by atoms with Crippen LogP contribution in [-0.2, 0) is 6.42 Å². The van der Waals surface area contributed by atoms with E-state index in [-0.39, 0.29) is 0 Å². The highest BCUT2D eigenvalue weighted by atomic mass is 15.1. The van der Waals surface area contributed by atoms with Gasteiger partial charge in [0.25, 0.3) is 0 Å². The van der Waals surface area contributed by atoms with E-state index in [0.29, 0.717) is 6.04 Å². The van der Waals surface area contributed by atoms with Gasteiger partial charge in [-0.3, -0.25) is 4.90 Å². The first kappa shape index (κ1) is 15.2. The Kier molecular flexibility index (Phi) is 6.37. The van der Waals surface area contributed by atoms with Gasteiger partial charge in [-0.1, -0.05) is 45.0 Å². The van der Waals surface area contributed by atoms with Crippen LogP contribution in [0.2, 0.25) is 0 Å². The van der Waals surface area contributed by atoms with E-state index in [2.05, 4.69) is 56.9 Å². The maximum Gasteiger partial charge on any atom is 0.0320 e. The smallest absolute Gasteiger partial charge is 0.0320 e. The molecule has 1 aromatic rings. The Morgan fingerprint density at radius 1 is 1.11 bits per heavy atom. The molecule has 0 aromatic heterocycles. The Morgan fingerprint density at radius 2 is 1.72 bits per heavy atom. The highest BCUT2D eigenvalue weighted by molar-refractivity contribution is 5.25. The van der Waals surface area contributed by atoms with E-state index in [9.17, 15) is 0 Å². The molecule has 0 heterocycles. The summed E-state index contributed by atoms with van der Waals surface area (Å²) in [4.78, 5) is 2.41. The second-order valence-corrected chi connectivity index (χ2v) is 5.43. The van der Waals surface area contributed by atoms with Crippen LogP contribution in [0.25, 0.3) is 0 Å². The van der Waals surface area contributed by atoms with Gasteiger partial charge in [-0.15, -0.1) is 0 Å². The monoisotopic (exact) mass is 248 g/mol. The normalized spacial score (nSPS) is 13.3. The Hall–Kier alpha value is -0.860. The lowest BCUT2D eigenvalue weighted by atomic mass is 9.99. The van der Waals surface area contributed by atoms with Crippen molar-refractivity contribution in [2.75, 3.05) is 19.6 Å². The first-order valence-corrected chi connectivity index (χ1v) is 7.11. The van der Waals surface area contributed by atoms with Crippen molar-refractivity contribution in [3.8, 4) is 0 Å². The molecule has 2 heteroatoms. The van der Waals surface area contributed by atoms with Crippen LogP contribution < -0.4 is 5.73 Å². The Balaban J connectivity index is 2.71. The number of nitrogens with two attached hydrogens (primary N) is 1. The van der Waals surface area contributed by atoms with E-state index < -0.39 is 0 Å². The molecular formula is C16H28N2. The third-order valence-electron chi connectivity index (χ3n) is 3.48. The molecule has 1 rings (SSSR count). The summed E-state index contributed by atoms with van der Waals surface area (Å²) in [6.07, 6.45) is 1.16. The van der Waals surface area contributed by atoms with Gasteiger partial charge in [-0.25, -0.2) is 0 Å². The minimum atomic E-state index is 0.451. The van der Waals surface area contributed by atoms with Crippen LogP contribution in [0.15, 0.2) is 24.3 Å². The molecule has 102 valence electrons. The zero-order chi connectivity index (χ0) is 13.5. The van der Waals surface area contributed by atoms with Crippen molar-refractivity contribution in [1.29, 1.82) is 0 Å². The second kappa shape index (κ2) is 7.55. The maximum atomic E-state index is 5.66. The van der Waals surface area contributed by atoms with Gasteiger partial charge in [0.1, 0.15) is 0 Å². The molecule has 2 N–H and O–H groups in total. The number of rotatable bonds is 7. The van der Waals surface area contributed by atoms with Gasteiger partial charge in [0.15, 0.2) is 0 Å². The lowest BCUT2D eigenvalue weighted by Gasteiger charge is -2.27. The van der Waals surface area contributed by atoms with Gasteiger partial charge in [-0.2, -0.15) is 0 Å². The van der Waals surface area contributed by atoms with Crippen molar-refractivity contribution in [1.82, 2.24) is 4.90 Å². The SMILES string of the molecule is CCN(CCN)C(C)c1ccc(CC(C)C)cc1. The number of hydrogen-bond donors (Lipinski definition) is 1. The van der Waals surface area contributed by atoms with Crippen molar-refractivity contribution in [2.24, 2.45) is 11.7 Å². The highest BCUT2D eigenvalue weighted by Crippen LogP contribution is 2.20. The van der Waals surface area contributed by atoms with Gasteiger partial charge in [0, 0.05) is 19.1 Å². The quantitative estimate of drug-likeness (QED) is 0.802. The van der Waals surface area contributed by atoms with Crippen molar-refractivity contribution in [2.45, 2.75) is 40.2 Å². The standard InChI is InChI=1S/C16H28N2/c1-5-18(11-10-17)14(4)16-8-6-15(7-9-16)12-13(2)3/h6-9,13-14H,5,10-12,17H2,1-4H3. The summed E-state index contributed by atoms with van der Waals surface area (Å²) >= 11 is 0. The fraction of sp³-hybridized carbons (Fsp3) is 0.625. The maximum absolute atomic E-state index is 5.66. The van der Waals surface area contributed by atoms with Crippen molar-refractivity contribution in [3.63, 3.8) is 0 Å². The Morgan fingerprint density at radius 3 is 2.17 bits per heavy atom. The van der Waals surface area contributed by atoms with E-state index in [0.717, 1.165) is 32.0 Å². The summed E-state index contributed by atoms with van der Waals surface area (Å²) in [6, 6.07) is 9.51. The van der Waals surface area contributed by atoms with E-state index in [4.69, 9.17) is 5.73 Å². The Bertz CT molecular complexity index is 329. The molecule has 0 bridgehead atoms. The van der Waals surface area contributed by atoms with E-state index in [1.165, 1.54) is 11.1 Å². The highest BCUT2D eigenvalue weighted by Gasteiger charge is 2.13. The third-order valence-corrected chi connectivity index (χ3v) is 3.48. The van der Waals surface area contributed by atoms with Crippen molar-refractivity contribution in [3.05, 3.63) is 35.4 Å². The number of likely N-dealkylation sites (N-methyl/N-ethyl adjacent to an activating group) is 1. The van der Waals surface area contributed by atoms with Crippen LogP contribution >= 0.6 is 0 Å². The largest absolute Gasteiger partial charge is 0.329 e. The van der Waals surface area contributed by atoms with Gasteiger partial charge < -0.3 is 5.73 Å². The number of nitrogens with zero attached hydrogens (tertiary/aromatic N) is 1. The predicted octanol–water partition coefficient (Wildman–Crippen LogP) is 3.23.